The largest absolute Gasteiger partial charge is 0.332 e. The summed E-state index contributed by atoms with van der Waals surface area (Å²) in [5.41, 5.74) is 3.56. The number of hydrogen-bond donors (Lipinski definition) is 1. The molecule has 1 atom stereocenters. The van der Waals surface area contributed by atoms with E-state index in [4.69, 9.17) is 5.41 Å². The molecular formula is C15H14N2. The van der Waals surface area contributed by atoms with E-state index >= 15 is 0 Å². The van der Waals surface area contributed by atoms with E-state index in [-0.39, 0.29) is 5.92 Å². The Hall–Kier alpha value is -2.09. The average Bonchev–Trinajstić information content (AvgIpc) is 2.64. The van der Waals surface area contributed by atoms with Gasteiger partial charge in [0.05, 0.1) is 5.92 Å². The Bertz CT molecular complexity index is 560. The molecule has 0 fully saturated rings. The van der Waals surface area contributed by atoms with Crippen LogP contribution in [-0.4, -0.2) is 12.9 Å². The molecular weight excluding hydrogens is 208 g/mol. The number of nitrogens with zero attached hydrogens (tertiary/aromatic N) is 1. The molecule has 2 aromatic carbocycles. The first-order valence-electron chi connectivity index (χ1n) is 5.75. The van der Waals surface area contributed by atoms with Crippen molar-refractivity contribution >= 4 is 11.5 Å². The van der Waals surface area contributed by atoms with Gasteiger partial charge < -0.3 is 4.90 Å². The van der Waals surface area contributed by atoms with Gasteiger partial charge in [0.15, 0.2) is 0 Å². The van der Waals surface area contributed by atoms with Gasteiger partial charge in [-0.2, -0.15) is 0 Å². The highest BCUT2D eigenvalue weighted by atomic mass is 15.2. The van der Waals surface area contributed by atoms with Gasteiger partial charge in [-0.05, 0) is 17.2 Å². The molecule has 1 aliphatic rings. The minimum atomic E-state index is 0.0809. The Labute approximate surface area is 101 Å². The van der Waals surface area contributed by atoms with Gasteiger partial charge >= 0.3 is 0 Å². The summed E-state index contributed by atoms with van der Waals surface area (Å²) in [5, 5.41) is 8.26. The monoisotopic (exact) mass is 222 g/mol. The molecule has 1 N–H and O–H groups in total. The number of hydrogen-bond acceptors (Lipinski definition) is 1. The van der Waals surface area contributed by atoms with Crippen LogP contribution in [0.3, 0.4) is 0 Å². The van der Waals surface area contributed by atoms with Gasteiger partial charge in [0.2, 0.25) is 0 Å². The minimum Gasteiger partial charge on any atom is -0.332 e. The number of fused-ring (bicyclic) bond motifs is 1. The van der Waals surface area contributed by atoms with E-state index in [2.05, 4.69) is 24.3 Å². The second-order valence-electron chi connectivity index (χ2n) is 4.35. The van der Waals surface area contributed by atoms with Gasteiger partial charge in [-0.3, -0.25) is 5.41 Å². The first-order valence-corrected chi connectivity index (χ1v) is 5.75. The Kier molecular flexibility index (Phi) is 2.22. The van der Waals surface area contributed by atoms with Gasteiger partial charge in [-0.15, -0.1) is 0 Å². The first-order chi connectivity index (χ1) is 8.29. The standard InChI is InChI=1S/C15H14N2/c1-17-13-10-6-5-9-12(13)14(15(17)16)11-7-3-2-4-8-11/h2-10,14,16H,1H3. The van der Waals surface area contributed by atoms with E-state index in [9.17, 15) is 0 Å². The molecule has 0 saturated carbocycles. The molecule has 1 unspecified atom stereocenters. The summed E-state index contributed by atoms with van der Waals surface area (Å²) in [4.78, 5) is 1.97. The Morgan fingerprint density at radius 3 is 2.35 bits per heavy atom. The summed E-state index contributed by atoms with van der Waals surface area (Å²) in [7, 11) is 1.96. The number of benzene rings is 2. The average molecular weight is 222 g/mol. The van der Waals surface area contributed by atoms with Crippen LogP contribution in [-0.2, 0) is 0 Å². The highest BCUT2D eigenvalue weighted by Gasteiger charge is 2.32. The van der Waals surface area contributed by atoms with Crippen LogP contribution in [0.4, 0.5) is 5.69 Å². The molecule has 3 rings (SSSR count). The van der Waals surface area contributed by atoms with E-state index in [1.54, 1.807) is 0 Å². The highest BCUT2D eigenvalue weighted by molar-refractivity contribution is 6.08. The Balaban J connectivity index is 2.16. The van der Waals surface area contributed by atoms with Crippen molar-refractivity contribution in [2.75, 3.05) is 11.9 Å². The summed E-state index contributed by atoms with van der Waals surface area (Å²) in [6.45, 7) is 0. The fourth-order valence-corrected chi connectivity index (χ4v) is 2.49. The maximum absolute atomic E-state index is 8.26. The Morgan fingerprint density at radius 2 is 1.59 bits per heavy atom. The first kappa shape index (κ1) is 10.1. The van der Waals surface area contributed by atoms with E-state index < -0.39 is 0 Å². The van der Waals surface area contributed by atoms with Crippen molar-refractivity contribution in [1.29, 1.82) is 5.41 Å². The molecule has 0 radical (unpaired) electrons. The third-order valence-corrected chi connectivity index (χ3v) is 3.38. The number of anilines is 1. The van der Waals surface area contributed by atoms with Crippen molar-refractivity contribution in [3.63, 3.8) is 0 Å². The van der Waals surface area contributed by atoms with Crippen molar-refractivity contribution in [1.82, 2.24) is 0 Å². The van der Waals surface area contributed by atoms with Crippen molar-refractivity contribution < 1.29 is 0 Å². The lowest BCUT2D eigenvalue weighted by atomic mass is 9.92. The lowest BCUT2D eigenvalue weighted by Crippen LogP contribution is -2.23. The van der Waals surface area contributed by atoms with Gasteiger partial charge in [0.1, 0.15) is 5.84 Å². The molecule has 2 aromatic rings. The van der Waals surface area contributed by atoms with Gasteiger partial charge in [-0.1, -0.05) is 48.5 Å². The van der Waals surface area contributed by atoms with E-state index in [0.717, 1.165) is 5.69 Å². The molecule has 84 valence electrons. The predicted molar refractivity (Wildman–Crippen MR) is 70.9 cm³/mol. The summed E-state index contributed by atoms with van der Waals surface area (Å²) in [6.07, 6.45) is 0. The van der Waals surface area contributed by atoms with Crippen LogP contribution < -0.4 is 4.90 Å². The van der Waals surface area contributed by atoms with Crippen molar-refractivity contribution in [2.45, 2.75) is 5.92 Å². The molecule has 0 aliphatic carbocycles. The maximum atomic E-state index is 8.26. The zero-order valence-electron chi connectivity index (χ0n) is 9.72. The predicted octanol–water partition coefficient (Wildman–Crippen LogP) is 3.25. The molecule has 0 amide bonds. The van der Waals surface area contributed by atoms with Crippen LogP contribution in [0.25, 0.3) is 0 Å². The lowest BCUT2D eigenvalue weighted by Gasteiger charge is -2.14. The molecule has 1 heterocycles. The minimum absolute atomic E-state index is 0.0809. The van der Waals surface area contributed by atoms with Crippen LogP contribution in [0, 0.1) is 5.41 Å². The molecule has 0 bridgehead atoms. The third-order valence-electron chi connectivity index (χ3n) is 3.38. The number of likely N-dealkylation sites (N-methyl/N-ethyl adjacent to an activating group) is 1. The van der Waals surface area contributed by atoms with Crippen molar-refractivity contribution in [3.05, 3.63) is 65.7 Å². The van der Waals surface area contributed by atoms with Crippen LogP contribution in [0.5, 0.6) is 0 Å². The third kappa shape index (κ3) is 1.45. The zero-order valence-corrected chi connectivity index (χ0v) is 9.72. The summed E-state index contributed by atoms with van der Waals surface area (Å²) < 4.78 is 0. The summed E-state index contributed by atoms with van der Waals surface area (Å²) in [5.74, 6) is 0.731. The van der Waals surface area contributed by atoms with Crippen molar-refractivity contribution in [3.8, 4) is 0 Å². The van der Waals surface area contributed by atoms with Crippen LogP contribution >= 0.6 is 0 Å². The smallest absolute Gasteiger partial charge is 0.112 e. The molecule has 0 aromatic heterocycles. The van der Waals surface area contributed by atoms with E-state index in [1.165, 1.54) is 11.1 Å². The van der Waals surface area contributed by atoms with Crippen LogP contribution in [0.15, 0.2) is 54.6 Å². The van der Waals surface area contributed by atoms with Gasteiger partial charge in [0, 0.05) is 12.7 Å². The quantitative estimate of drug-likeness (QED) is 0.788. The topological polar surface area (TPSA) is 27.1 Å². The fraction of sp³-hybridized carbons (Fsp3) is 0.133. The van der Waals surface area contributed by atoms with Crippen LogP contribution in [0.1, 0.15) is 17.0 Å². The number of nitrogens with one attached hydrogen (secondary N) is 1. The molecule has 0 spiro atoms. The number of amidine groups is 1. The normalized spacial score (nSPS) is 18.3. The van der Waals surface area contributed by atoms with Gasteiger partial charge in [-0.25, -0.2) is 0 Å². The molecule has 2 nitrogen and oxygen atoms in total. The zero-order chi connectivity index (χ0) is 11.8. The second kappa shape index (κ2) is 3.74. The SMILES string of the molecule is CN1C(=N)C(c2ccccc2)c2ccccc21. The fourth-order valence-electron chi connectivity index (χ4n) is 2.49. The van der Waals surface area contributed by atoms with Crippen molar-refractivity contribution in [2.24, 2.45) is 0 Å². The van der Waals surface area contributed by atoms with E-state index in [0.29, 0.717) is 5.84 Å². The summed E-state index contributed by atoms with van der Waals surface area (Å²) >= 11 is 0. The molecule has 2 heteroatoms. The van der Waals surface area contributed by atoms with Crippen LogP contribution in [0.2, 0.25) is 0 Å². The number of para-hydroxylation sites is 1. The second-order valence-corrected chi connectivity index (χ2v) is 4.35. The number of rotatable bonds is 1. The van der Waals surface area contributed by atoms with Gasteiger partial charge in [0.25, 0.3) is 0 Å². The van der Waals surface area contributed by atoms with E-state index in [1.807, 2.05) is 42.3 Å². The molecule has 1 aliphatic heterocycles. The lowest BCUT2D eigenvalue weighted by molar-refractivity contribution is 1.08. The maximum Gasteiger partial charge on any atom is 0.112 e. The summed E-state index contributed by atoms with van der Waals surface area (Å²) in [6, 6.07) is 18.5. The Morgan fingerprint density at radius 1 is 0.941 bits per heavy atom. The molecule has 0 saturated heterocycles. The highest BCUT2D eigenvalue weighted by Crippen LogP contribution is 2.39. The molecule has 17 heavy (non-hydrogen) atoms.